The highest BCUT2D eigenvalue weighted by atomic mass is 32.1. The average molecular weight is 369 g/mol. The van der Waals surface area contributed by atoms with Crippen LogP contribution < -0.4 is 5.32 Å². The molecule has 0 saturated heterocycles. The Morgan fingerprint density at radius 3 is 2.81 bits per heavy atom. The molecule has 0 radical (unpaired) electrons. The molecule has 7 heteroatoms. The van der Waals surface area contributed by atoms with Crippen molar-refractivity contribution in [1.29, 1.82) is 0 Å². The van der Waals surface area contributed by atoms with Crippen LogP contribution in [-0.4, -0.2) is 15.9 Å². The maximum Gasteiger partial charge on any atom is 0.260 e. The highest BCUT2D eigenvalue weighted by molar-refractivity contribution is 7.14. The summed E-state index contributed by atoms with van der Waals surface area (Å²) in [4.78, 5) is 20.0. The van der Waals surface area contributed by atoms with Crippen LogP contribution >= 0.6 is 11.3 Å². The van der Waals surface area contributed by atoms with Gasteiger partial charge in [-0.2, -0.15) is 0 Å². The number of nitrogens with zero attached hydrogens (tertiary/aromatic N) is 1. The Balaban J connectivity index is 1.64. The molecule has 2 aromatic heterocycles. The first kappa shape index (κ1) is 16.4. The summed E-state index contributed by atoms with van der Waals surface area (Å²) in [6.07, 6.45) is 0. The average Bonchev–Trinajstić information content (AvgIpc) is 3.17. The van der Waals surface area contributed by atoms with Crippen LogP contribution in [0.3, 0.4) is 0 Å². The van der Waals surface area contributed by atoms with Gasteiger partial charge in [0.1, 0.15) is 11.6 Å². The van der Waals surface area contributed by atoms with E-state index < -0.39 is 17.5 Å². The first-order valence-electron chi connectivity index (χ1n) is 7.82. The number of H-pyrrole nitrogens is 1. The molecular formula is C19H13F2N3OS. The highest BCUT2D eigenvalue weighted by Gasteiger charge is 2.17. The fourth-order valence-corrected chi connectivity index (χ4v) is 3.59. The fraction of sp³-hybridized carbons (Fsp3) is 0.0526. The second kappa shape index (κ2) is 6.34. The molecule has 0 atom stereocenters. The minimum Gasteiger partial charge on any atom is -0.358 e. The van der Waals surface area contributed by atoms with E-state index in [0.29, 0.717) is 11.2 Å². The Morgan fingerprint density at radius 2 is 2.00 bits per heavy atom. The van der Waals surface area contributed by atoms with Crippen LogP contribution in [0, 0.1) is 18.6 Å². The number of hydrogen-bond donors (Lipinski definition) is 2. The van der Waals surface area contributed by atoms with Gasteiger partial charge in [-0.1, -0.05) is 18.2 Å². The van der Waals surface area contributed by atoms with Crippen molar-refractivity contribution in [2.45, 2.75) is 6.92 Å². The lowest BCUT2D eigenvalue weighted by atomic mass is 10.1. The number of thiazole rings is 1. The van der Waals surface area contributed by atoms with Crippen molar-refractivity contribution in [3.05, 3.63) is 70.7 Å². The van der Waals surface area contributed by atoms with Gasteiger partial charge in [-0.25, -0.2) is 13.8 Å². The maximum absolute atomic E-state index is 13.7. The molecule has 26 heavy (non-hydrogen) atoms. The number of rotatable bonds is 3. The van der Waals surface area contributed by atoms with E-state index in [2.05, 4.69) is 15.3 Å². The van der Waals surface area contributed by atoms with Crippen molar-refractivity contribution in [3.63, 3.8) is 0 Å². The van der Waals surface area contributed by atoms with Crippen LogP contribution in [-0.2, 0) is 0 Å². The molecule has 0 fully saturated rings. The third-order valence-electron chi connectivity index (χ3n) is 4.05. The molecular weight excluding hydrogens is 356 g/mol. The topological polar surface area (TPSA) is 57.8 Å². The smallest absolute Gasteiger partial charge is 0.260 e. The molecule has 0 aliphatic rings. The molecule has 0 unspecified atom stereocenters. The van der Waals surface area contributed by atoms with Gasteiger partial charge in [-0.3, -0.25) is 10.1 Å². The molecule has 4 nitrogen and oxygen atoms in total. The number of aryl methyl sites for hydroxylation is 1. The van der Waals surface area contributed by atoms with Crippen molar-refractivity contribution in [3.8, 4) is 11.3 Å². The summed E-state index contributed by atoms with van der Waals surface area (Å²) in [5, 5.41) is 5.78. The maximum atomic E-state index is 13.7. The highest BCUT2D eigenvalue weighted by Crippen LogP contribution is 2.34. The molecule has 0 spiro atoms. The zero-order valence-corrected chi connectivity index (χ0v) is 14.5. The molecule has 0 bridgehead atoms. The summed E-state index contributed by atoms with van der Waals surface area (Å²) in [6, 6.07) is 10.7. The Hall–Kier alpha value is -3.06. The van der Waals surface area contributed by atoms with Crippen LogP contribution in [0.1, 0.15) is 16.1 Å². The molecule has 4 rings (SSSR count). The van der Waals surface area contributed by atoms with E-state index in [1.807, 2.05) is 36.6 Å². The molecule has 1 amide bonds. The summed E-state index contributed by atoms with van der Waals surface area (Å²) in [7, 11) is 0. The molecule has 4 aromatic rings. The summed E-state index contributed by atoms with van der Waals surface area (Å²) < 4.78 is 26.7. The van der Waals surface area contributed by atoms with Gasteiger partial charge in [0.25, 0.3) is 5.91 Å². The second-order valence-electron chi connectivity index (χ2n) is 5.79. The zero-order chi connectivity index (χ0) is 18.3. The normalized spacial score (nSPS) is 11.0. The van der Waals surface area contributed by atoms with Gasteiger partial charge >= 0.3 is 0 Å². The van der Waals surface area contributed by atoms with E-state index in [1.54, 1.807) is 0 Å². The monoisotopic (exact) mass is 369 g/mol. The number of benzene rings is 2. The second-order valence-corrected chi connectivity index (χ2v) is 6.64. The van der Waals surface area contributed by atoms with Crippen LogP contribution in [0.4, 0.5) is 13.9 Å². The van der Waals surface area contributed by atoms with E-state index in [4.69, 9.17) is 0 Å². The Morgan fingerprint density at radius 1 is 1.19 bits per heavy atom. The summed E-state index contributed by atoms with van der Waals surface area (Å²) in [6.45, 7) is 1.96. The van der Waals surface area contributed by atoms with Gasteiger partial charge in [0.15, 0.2) is 5.13 Å². The Bertz CT molecular complexity index is 1130. The molecule has 130 valence electrons. The number of carbonyl (C=O) groups excluding carboxylic acids is 1. The molecule has 2 heterocycles. The van der Waals surface area contributed by atoms with Crippen LogP contribution in [0.2, 0.25) is 0 Å². The predicted octanol–water partition coefficient (Wildman–Crippen LogP) is 5.13. The number of carbonyl (C=O) groups is 1. The summed E-state index contributed by atoms with van der Waals surface area (Å²) in [5.41, 5.74) is 3.43. The van der Waals surface area contributed by atoms with E-state index in [1.165, 1.54) is 11.3 Å². The van der Waals surface area contributed by atoms with Gasteiger partial charge in [0.05, 0.1) is 11.3 Å². The summed E-state index contributed by atoms with van der Waals surface area (Å²) >= 11 is 1.24. The van der Waals surface area contributed by atoms with Gasteiger partial charge in [0, 0.05) is 33.6 Å². The number of halogens is 2. The van der Waals surface area contributed by atoms with E-state index in [0.717, 1.165) is 40.0 Å². The number of fused-ring (bicyclic) bond motifs is 1. The lowest BCUT2D eigenvalue weighted by Gasteiger charge is -2.03. The van der Waals surface area contributed by atoms with Crippen molar-refractivity contribution < 1.29 is 13.6 Å². The zero-order valence-electron chi connectivity index (χ0n) is 13.6. The minimum absolute atomic E-state index is 0.230. The molecule has 0 aliphatic carbocycles. The van der Waals surface area contributed by atoms with Crippen LogP contribution in [0.5, 0.6) is 0 Å². The van der Waals surface area contributed by atoms with E-state index >= 15 is 0 Å². The number of aromatic nitrogens is 2. The number of anilines is 1. The first-order chi connectivity index (χ1) is 12.5. The third kappa shape index (κ3) is 2.86. The van der Waals surface area contributed by atoms with Crippen molar-refractivity contribution >= 4 is 33.3 Å². The SMILES string of the molecule is Cc1[nH]c2ccccc2c1-c1csc(NC(=O)c2ccc(F)cc2F)n1. The van der Waals surface area contributed by atoms with E-state index in [9.17, 15) is 13.6 Å². The first-order valence-corrected chi connectivity index (χ1v) is 8.70. The van der Waals surface area contributed by atoms with Gasteiger partial charge in [-0.15, -0.1) is 11.3 Å². The third-order valence-corrected chi connectivity index (χ3v) is 4.81. The quantitative estimate of drug-likeness (QED) is 0.526. The predicted molar refractivity (Wildman–Crippen MR) is 98.5 cm³/mol. The van der Waals surface area contributed by atoms with Gasteiger partial charge in [-0.05, 0) is 25.1 Å². The number of amides is 1. The lowest BCUT2D eigenvalue weighted by molar-refractivity contribution is 0.102. The standard InChI is InChI=1S/C19H13F2N3OS/c1-10-17(13-4-2-3-5-15(13)22-10)16-9-26-19(23-16)24-18(25)12-7-6-11(20)8-14(12)21/h2-9,22H,1H3,(H,23,24,25). The lowest BCUT2D eigenvalue weighted by Crippen LogP contribution is -2.13. The van der Waals surface area contributed by atoms with Crippen LogP contribution in [0.25, 0.3) is 22.2 Å². The molecule has 2 N–H and O–H groups in total. The number of hydrogen-bond acceptors (Lipinski definition) is 3. The Labute approximate surface area is 151 Å². The Kier molecular flexibility index (Phi) is 4.00. The molecule has 0 saturated carbocycles. The van der Waals surface area contributed by atoms with Crippen LogP contribution in [0.15, 0.2) is 47.8 Å². The number of para-hydroxylation sites is 1. The van der Waals surface area contributed by atoms with Crippen molar-refractivity contribution in [1.82, 2.24) is 9.97 Å². The fourth-order valence-electron chi connectivity index (χ4n) is 2.89. The van der Waals surface area contributed by atoms with Crippen molar-refractivity contribution in [2.24, 2.45) is 0 Å². The minimum atomic E-state index is -0.910. The molecule has 0 aliphatic heterocycles. The number of nitrogens with one attached hydrogen (secondary N) is 2. The van der Waals surface area contributed by atoms with Gasteiger partial charge in [0.2, 0.25) is 0 Å². The van der Waals surface area contributed by atoms with Gasteiger partial charge < -0.3 is 4.98 Å². The van der Waals surface area contributed by atoms with E-state index in [-0.39, 0.29) is 5.56 Å². The summed E-state index contributed by atoms with van der Waals surface area (Å²) in [5.74, 6) is -2.31. The van der Waals surface area contributed by atoms with Crippen molar-refractivity contribution in [2.75, 3.05) is 5.32 Å². The largest absolute Gasteiger partial charge is 0.358 e. The molecule has 2 aromatic carbocycles. The number of aromatic amines is 1.